The third-order valence-electron chi connectivity index (χ3n) is 5.26. The fourth-order valence-electron chi connectivity index (χ4n) is 3.71. The Kier molecular flexibility index (Phi) is 5.62. The summed E-state index contributed by atoms with van der Waals surface area (Å²) in [5.74, 6) is -0.337. The van der Waals surface area contributed by atoms with Crippen molar-refractivity contribution in [2.75, 3.05) is 13.6 Å². The molecule has 0 aromatic heterocycles. The van der Waals surface area contributed by atoms with Crippen molar-refractivity contribution >= 4 is 21.8 Å². The highest BCUT2D eigenvalue weighted by atomic mass is 32.2. The first-order valence-electron chi connectivity index (χ1n) is 9.00. The minimum Gasteiger partial charge on any atom is -0.352 e. The number of nitrogens with one attached hydrogen (secondary N) is 2. The number of benzene rings is 1. The molecule has 1 aromatic rings. The minimum absolute atomic E-state index is 0.0821. The Labute approximate surface area is 154 Å². The molecule has 1 unspecified atom stereocenters. The molecule has 0 bridgehead atoms. The number of amides is 2. The summed E-state index contributed by atoms with van der Waals surface area (Å²) in [5, 5.41) is 2.86. The Balaban J connectivity index is 1.53. The Morgan fingerprint density at radius 3 is 2.46 bits per heavy atom. The lowest BCUT2D eigenvalue weighted by Crippen LogP contribution is -2.36. The number of rotatable bonds is 6. The second kappa shape index (κ2) is 7.75. The average molecular weight is 379 g/mol. The van der Waals surface area contributed by atoms with Gasteiger partial charge in [-0.05, 0) is 37.6 Å². The maximum atomic E-state index is 12.4. The van der Waals surface area contributed by atoms with Gasteiger partial charge in [-0.3, -0.25) is 9.59 Å². The average Bonchev–Trinajstić information content (AvgIpc) is 3.29. The van der Waals surface area contributed by atoms with E-state index in [1.54, 1.807) is 12.1 Å². The predicted octanol–water partition coefficient (Wildman–Crippen LogP) is 1.00. The SMILES string of the molecule is CNS(=O)(=O)c1ccc(CNC(=O)C2CC(=O)N(C3CCCC3)C2)cc1. The van der Waals surface area contributed by atoms with E-state index in [2.05, 4.69) is 10.0 Å². The van der Waals surface area contributed by atoms with Gasteiger partial charge in [0.2, 0.25) is 21.8 Å². The third-order valence-corrected chi connectivity index (χ3v) is 6.69. The zero-order chi connectivity index (χ0) is 18.7. The van der Waals surface area contributed by atoms with Crippen molar-refractivity contribution < 1.29 is 18.0 Å². The van der Waals surface area contributed by atoms with Crippen LogP contribution in [0.4, 0.5) is 0 Å². The van der Waals surface area contributed by atoms with Crippen molar-refractivity contribution in [1.82, 2.24) is 14.9 Å². The highest BCUT2D eigenvalue weighted by Crippen LogP contribution is 2.29. The monoisotopic (exact) mass is 379 g/mol. The van der Waals surface area contributed by atoms with Gasteiger partial charge in [-0.15, -0.1) is 0 Å². The smallest absolute Gasteiger partial charge is 0.240 e. The summed E-state index contributed by atoms with van der Waals surface area (Å²) in [4.78, 5) is 26.7. The van der Waals surface area contributed by atoms with Crippen molar-refractivity contribution in [3.05, 3.63) is 29.8 Å². The molecule has 2 fully saturated rings. The molecule has 2 aliphatic rings. The maximum Gasteiger partial charge on any atom is 0.240 e. The predicted molar refractivity (Wildman–Crippen MR) is 96.6 cm³/mol. The Hall–Kier alpha value is -1.93. The van der Waals surface area contributed by atoms with Crippen molar-refractivity contribution in [3.8, 4) is 0 Å². The van der Waals surface area contributed by atoms with Gasteiger partial charge in [0.25, 0.3) is 0 Å². The van der Waals surface area contributed by atoms with E-state index in [-0.39, 0.29) is 29.0 Å². The van der Waals surface area contributed by atoms with Crippen LogP contribution in [0, 0.1) is 5.92 Å². The first kappa shape index (κ1) is 18.8. The van der Waals surface area contributed by atoms with Crippen LogP contribution in [-0.2, 0) is 26.2 Å². The molecule has 1 atom stereocenters. The normalized spacial score (nSPS) is 21.3. The molecular formula is C18H25N3O4S. The van der Waals surface area contributed by atoms with Gasteiger partial charge in [0.05, 0.1) is 10.8 Å². The van der Waals surface area contributed by atoms with E-state index in [1.807, 2.05) is 4.90 Å². The summed E-state index contributed by atoms with van der Waals surface area (Å²) in [6, 6.07) is 6.68. The molecule has 1 saturated carbocycles. The fraction of sp³-hybridized carbons (Fsp3) is 0.556. The molecule has 2 amide bonds. The van der Waals surface area contributed by atoms with E-state index < -0.39 is 10.0 Å². The number of hydrogen-bond donors (Lipinski definition) is 2. The molecule has 1 aliphatic carbocycles. The molecule has 1 saturated heterocycles. The van der Waals surface area contributed by atoms with Crippen LogP contribution in [0.3, 0.4) is 0 Å². The molecule has 0 spiro atoms. The lowest BCUT2D eigenvalue weighted by molar-refractivity contribution is -0.130. The number of carbonyl (C=O) groups excluding carboxylic acids is 2. The largest absolute Gasteiger partial charge is 0.352 e. The van der Waals surface area contributed by atoms with Crippen LogP contribution in [0.15, 0.2) is 29.2 Å². The molecule has 2 N–H and O–H groups in total. The molecule has 7 nitrogen and oxygen atoms in total. The molecule has 26 heavy (non-hydrogen) atoms. The van der Waals surface area contributed by atoms with Crippen molar-refractivity contribution in [2.24, 2.45) is 5.92 Å². The van der Waals surface area contributed by atoms with E-state index in [0.717, 1.165) is 31.2 Å². The van der Waals surface area contributed by atoms with Crippen LogP contribution in [0.1, 0.15) is 37.7 Å². The first-order valence-corrected chi connectivity index (χ1v) is 10.5. The standard InChI is InChI=1S/C18H25N3O4S/c1-19-26(24,25)16-8-6-13(7-9-16)11-20-18(23)14-10-17(22)21(12-14)15-4-2-3-5-15/h6-9,14-15,19H,2-5,10-12H2,1H3,(H,20,23). The van der Waals surface area contributed by atoms with Gasteiger partial charge < -0.3 is 10.2 Å². The molecule has 0 radical (unpaired) electrons. The zero-order valence-electron chi connectivity index (χ0n) is 14.9. The van der Waals surface area contributed by atoms with Gasteiger partial charge in [-0.25, -0.2) is 13.1 Å². The highest BCUT2D eigenvalue weighted by molar-refractivity contribution is 7.89. The van der Waals surface area contributed by atoms with Gasteiger partial charge >= 0.3 is 0 Å². The number of likely N-dealkylation sites (tertiary alicyclic amines) is 1. The number of sulfonamides is 1. The highest BCUT2D eigenvalue weighted by Gasteiger charge is 2.38. The quantitative estimate of drug-likeness (QED) is 0.771. The van der Waals surface area contributed by atoms with E-state index in [1.165, 1.54) is 19.2 Å². The van der Waals surface area contributed by atoms with Crippen LogP contribution >= 0.6 is 0 Å². The van der Waals surface area contributed by atoms with Gasteiger partial charge in [0, 0.05) is 25.6 Å². The van der Waals surface area contributed by atoms with Crippen molar-refractivity contribution in [1.29, 1.82) is 0 Å². The first-order chi connectivity index (χ1) is 12.4. The topological polar surface area (TPSA) is 95.6 Å². The number of carbonyl (C=O) groups is 2. The van der Waals surface area contributed by atoms with Crippen molar-refractivity contribution in [3.63, 3.8) is 0 Å². The molecule has 142 valence electrons. The molecule has 1 heterocycles. The van der Waals surface area contributed by atoms with E-state index >= 15 is 0 Å². The van der Waals surface area contributed by atoms with Crippen LogP contribution in [0.25, 0.3) is 0 Å². The lowest BCUT2D eigenvalue weighted by Gasteiger charge is -2.23. The van der Waals surface area contributed by atoms with E-state index in [0.29, 0.717) is 19.1 Å². The molecule has 3 rings (SSSR count). The van der Waals surface area contributed by atoms with E-state index in [9.17, 15) is 18.0 Å². The Morgan fingerprint density at radius 2 is 1.85 bits per heavy atom. The van der Waals surface area contributed by atoms with Crippen LogP contribution in [0.5, 0.6) is 0 Å². The number of nitrogens with zero attached hydrogens (tertiary/aromatic N) is 1. The zero-order valence-corrected chi connectivity index (χ0v) is 15.7. The van der Waals surface area contributed by atoms with Gasteiger partial charge in [-0.1, -0.05) is 25.0 Å². The summed E-state index contributed by atoms with van der Waals surface area (Å²) in [6.07, 6.45) is 4.68. The number of hydrogen-bond acceptors (Lipinski definition) is 4. The van der Waals surface area contributed by atoms with Crippen LogP contribution < -0.4 is 10.0 Å². The van der Waals surface area contributed by atoms with Gasteiger partial charge in [-0.2, -0.15) is 0 Å². The molecule has 8 heteroatoms. The summed E-state index contributed by atoms with van der Waals surface area (Å²) in [5.41, 5.74) is 0.811. The fourth-order valence-corrected chi connectivity index (χ4v) is 4.44. The van der Waals surface area contributed by atoms with E-state index in [4.69, 9.17) is 0 Å². The van der Waals surface area contributed by atoms with Gasteiger partial charge in [0.15, 0.2) is 0 Å². The van der Waals surface area contributed by atoms with Gasteiger partial charge in [0.1, 0.15) is 0 Å². The second-order valence-electron chi connectivity index (χ2n) is 6.95. The maximum absolute atomic E-state index is 12.4. The van der Waals surface area contributed by atoms with Crippen LogP contribution in [-0.4, -0.2) is 44.8 Å². The lowest BCUT2D eigenvalue weighted by atomic mass is 10.1. The van der Waals surface area contributed by atoms with Crippen molar-refractivity contribution in [2.45, 2.75) is 49.6 Å². The summed E-state index contributed by atoms with van der Waals surface area (Å²) in [6.45, 7) is 0.821. The molecule has 1 aromatic carbocycles. The Bertz CT molecular complexity index is 770. The summed E-state index contributed by atoms with van der Waals surface area (Å²) in [7, 11) is -2.10. The summed E-state index contributed by atoms with van der Waals surface area (Å²) < 4.78 is 25.7. The minimum atomic E-state index is -3.46. The molecule has 1 aliphatic heterocycles. The Morgan fingerprint density at radius 1 is 1.19 bits per heavy atom. The third kappa shape index (κ3) is 4.07. The van der Waals surface area contributed by atoms with Crippen LogP contribution in [0.2, 0.25) is 0 Å². The molecular weight excluding hydrogens is 354 g/mol. The second-order valence-corrected chi connectivity index (χ2v) is 8.84. The summed E-state index contributed by atoms with van der Waals surface area (Å²) >= 11 is 0.